The standard InChI is InChI=1S/C11H12N2OS2/c14-11(13-7-1-3-12-6-7)10-5-9-8(16-10)2-4-15-9/h2,4-5,7,12H,1,3,6H2,(H,13,14)/t7-/m1/s1. The number of nitrogens with one attached hydrogen (secondary N) is 2. The van der Waals surface area contributed by atoms with Gasteiger partial charge in [0, 0.05) is 22.0 Å². The number of hydrogen-bond acceptors (Lipinski definition) is 4. The van der Waals surface area contributed by atoms with Crippen molar-refractivity contribution >= 4 is 38.0 Å². The first-order chi connectivity index (χ1) is 7.83. The van der Waals surface area contributed by atoms with Crippen LogP contribution >= 0.6 is 22.7 Å². The summed E-state index contributed by atoms with van der Waals surface area (Å²) in [4.78, 5) is 12.8. The fourth-order valence-electron chi connectivity index (χ4n) is 1.91. The van der Waals surface area contributed by atoms with Gasteiger partial charge < -0.3 is 10.6 Å². The third-order valence-electron chi connectivity index (χ3n) is 2.76. The average Bonchev–Trinajstić information content (AvgIpc) is 2.91. The van der Waals surface area contributed by atoms with Gasteiger partial charge in [0.05, 0.1) is 4.88 Å². The van der Waals surface area contributed by atoms with Crippen LogP contribution < -0.4 is 10.6 Å². The van der Waals surface area contributed by atoms with Crippen molar-refractivity contribution in [3.63, 3.8) is 0 Å². The molecule has 0 unspecified atom stereocenters. The summed E-state index contributed by atoms with van der Waals surface area (Å²) in [7, 11) is 0. The van der Waals surface area contributed by atoms with Gasteiger partial charge in [-0.15, -0.1) is 22.7 Å². The molecule has 0 spiro atoms. The summed E-state index contributed by atoms with van der Waals surface area (Å²) in [5, 5.41) is 8.36. The van der Waals surface area contributed by atoms with E-state index >= 15 is 0 Å². The van der Waals surface area contributed by atoms with Crippen LogP contribution in [-0.2, 0) is 0 Å². The third kappa shape index (κ3) is 1.86. The molecule has 0 aliphatic carbocycles. The average molecular weight is 252 g/mol. The van der Waals surface area contributed by atoms with Gasteiger partial charge in [-0.1, -0.05) is 0 Å². The van der Waals surface area contributed by atoms with Crippen molar-refractivity contribution in [2.24, 2.45) is 0 Å². The Morgan fingerprint density at radius 1 is 1.50 bits per heavy atom. The van der Waals surface area contributed by atoms with Crippen LogP contribution in [0.5, 0.6) is 0 Å². The summed E-state index contributed by atoms with van der Waals surface area (Å²) >= 11 is 3.26. The SMILES string of the molecule is O=C(N[C@@H]1CCNC1)c1cc2sccc2s1. The Hall–Kier alpha value is -0.910. The fourth-order valence-corrected chi connectivity index (χ4v) is 3.92. The molecule has 0 aromatic carbocycles. The molecular weight excluding hydrogens is 240 g/mol. The van der Waals surface area contributed by atoms with Gasteiger partial charge in [0.1, 0.15) is 0 Å². The van der Waals surface area contributed by atoms with Crippen molar-refractivity contribution in [2.75, 3.05) is 13.1 Å². The minimum absolute atomic E-state index is 0.0714. The molecule has 2 aromatic rings. The summed E-state index contributed by atoms with van der Waals surface area (Å²) < 4.78 is 2.42. The van der Waals surface area contributed by atoms with E-state index in [1.54, 1.807) is 22.7 Å². The van der Waals surface area contributed by atoms with Gasteiger partial charge in [0.25, 0.3) is 5.91 Å². The van der Waals surface area contributed by atoms with Crippen LogP contribution in [0, 0.1) is 0 Å². The first kappa shape index (κ1) is 10.3. The van der Waals surface area contributed by atoms with Crippen LogP contribution in [0.25, 0.3) is 9.40 Å². The van der Waals surface area contributed by atoms with Gasteiger partial charge in [-0.25, -0.2) is 0 Å². The van der Waals surface area contributed by atoms with E-state index in [-0.39, 0.29) is 5.91 Å². The molecular formula is C11H12N2OS2. The third-order valence-corrected chi connectivity index (χ3v) is 4.85. The van der Waals surface area contributed by atoms with E-state index in [0.29, 0.717) is 6.04 Å². The molecule has 1 atom stereocenters. The Bertz CT molecular complexity index is 482. The van der Waals surface area contributed by atoms with Gasteiger partial charge in [0.2, 0.25) is 0 Å². The van der Waals surface area contributed by atoms with Crippen molar-refractivity contribution in [1.29, 1.82) is 0 Å². The molecule has 0 bridgehead atoms. The number of carbonyl (C=O) groups excluding carboxylic acids is 1. The van der Waals surface area contributed by atoms with E-state index in [4.69, 9.17) is 0 Å². The quantitative estimate of drug-likeness (QED) is 0.859. The van der Waals surface area contributed by atoms with Crippen molar-refractivity contribution in [3.05, 3.63) is 22.4 Å². The lowest BCUT2D eigenvalue weighted by Crippen LogP contribution is -2.35. The zero-order valence-electron chi connectivity index (χ0n) is 8.66. The zero-order chi connectivity index (χ0) is 11.0. The molecule has 3 heterocycles. The molecule has 5 heteroatoms. The van der Waals surface area contributed by atoms with Crippen LogP contribution in [0.1, 0.15) is 16.1 Å². The molecule has 1 aliphatic heterocycles. The highest BCUT2D eigenvalue weighted by Crippen LogP contribution is 2.29. The second-order valence-corrected chi connectivity index (χ2v) is 5.95. The van der Waals surface area contributed by atoms with Crippen LogP contribution in [0.4, 0.5) is 0 Å². The van der Waals surface area contributed by atoms with Crippen molar-refractivity contribution < 1.29 is 4.79 Å². The summed E-state index contributed by atoms with van der Waals surface area (Å²) in [5.41, 5.74) is 0. The van der Waals surface area contributed by atoms with Gasteiger partial charge in [0.15, 0.2) is 0 Å². The van der Waals surface area contributed by atoms with Crippen LogP contribution in [0.2, 0.25) is 0 Å². The van der Waals surface area contributed by atoms with Gasteiger partial charge in [-0.05, 0) is 30.5 Å². The van der Waals surface area contributed by atoms with Crippen LogP contribution in [0.3, 0.4) is 0 Å². The Labute approximate surface area is 101 Å². The Morgan fingerprint density at radius 3 is 3.19 bits per heavy atom. The van der Waals surface area contributed by atoms with E-state index in [1.807, 2.05) is 6.07 Å². The van der Waals surface area contributed by atoms with E-state index < -0.39 is 0 Å². The highest BCUT2D eigenvalue weighted by Gasteiger charge is 2.18. The number of thiophene rings is 2. The first-order valence-corrected chi connectivity index (χ1v) is 7.01. The van der Waals surface area contributed by atoms with Crippen molar-refractivity contribution in [3.8, 4) is 0 Å². The largest absolute Gasteiger partial charge is 0.347 e. The molecule has 1 amide bonds. The van der Waals surface area contributed by atoms with Crippen molar-refractivity contribution in [2.45, 2.75) is 12.5 Å². The molecule has 1 saturated heterocycles. The molecule has 2 N–H and O–H groups in total. The Balaban J connectivity index is 1.76. The molecule has 1 aliphatic rings. The first-order valence-electron chi connectivity index (χ1n) is 5.31. The molecule has 3 nitrogen and oxygen atoms in total. The molecule has 16 heavy (non-hydrogen) atoms. The summed E-state index contributed by atoms with van der Waals surface area (Å²) in [5.74, 6) is 0.0714. The maximum atomic E-state index is 11.9. The molecule has 2 aromatic heterocycles. The maximum absolute atomic E-state index is 11.9. The lowest BCUT2D eigenvalue weighted by atomic mass is 10.2. The van der Waals surface area contributed by atoms with Crippen LogP contribution in [-0.4, -0.2) is 25.0 Å². The molecule has 84 valence electrons. The molecule has 3 rings (SSSR count). The Morgan fingerprint density at radius 2 is 2.44 bits per heavy atom. The second kappa shape index (κ2) is 4.16. The summed E-state index contributed by atoms with van der Waals surface area (Å²) in [6.45, 7) is 1.90. The highest BCUT2D eigenvalue weighted by atomic mass is 32.1. The Kier molecular flexibility index (Phi) is 2.67. The predicted octanol–water partition coefficient (Wildman–Crippen LogP) is 2.05. The number of rotatable bonds is 2. The topological polar surface area (TPSA) is 41.1 Å². The lowest BCUT2D eigenvalue weighted by Gasteiger charge is -2.09. The van der Waals surface area contributed by atoms with E-state index in [2.05, 4.69) is 22.1 Å². The maximum Gasteiger partial charge on any atom is 0.261 e. The van der Waals surface area contributed by atoms with E-state index in [0.717, 1.165) is 24.4 Å². The van der Waals surface area contributed by atoms with Crippen molar-refractivity contribution in [1.82, 2.24) is 10.6 Å². The minimum Gasteiger partial charge on any atom is -0.347 e. The minimum atomic E-state index is 0.0714. The number of hydrogen-bond donors (Lipinski definition) is 2. The molecule has 1 fully saturated rings. The van der Waals surface area contributed by atoms with E-state index in [1.165, 1.54) is 9.40 Å². The summed E-state index contributed by atoms with van der Waals surface area (Å²) in [6.07, 6.45) is 1.03. The number of fused-ring (bicyclic) bond motifs is 1. The lowest BCUT2D eigenvalue weighted by molar-refractivity contribution is 0.0944. The summed E-state index contributed by atoms with van der Waals surface area (Å²) in [6, 6.07) is 4.36. The number of carbonyl (C=O) groups is 1. The fraction of sp³-hybridized carbons (Fsp3) is 0.364. The molecule has 0 saturated carbocycles. The monoisotopic (exact) mass is 252 g/mol. The highest BCUT2D eigenvalue weighted by molar-refractivity contribution is 7.27. The normalized spacial score (nSPS) is 20.4. The van der Waals surface area contributed by atoms with Gasteiger partial charge in [-0.3, -0.25) is 4.79 Å². The molecule has 0 radical (unpaired) electrons. The van der Waals surface area contributed by atoms with Gasteiger partial charge >= 0.3 is 0 Å². The number of amides is 1. The predicted molar refractivity (Wildman–Crippen MR) is 68.4 cm³/mol. The van der Waals surface area contributed by atoms with E-state index in [9.17, 15) is 4.79 Å². The van der Waals surface area contributed by atoms with Gasteiger partial charge in [-0.2, -0.15) is 0 Å². The smallest absolute Gasteiger partial charge is 0.261 e. The second-order valence-electron chi connectivity index (χ2n) is 3.92. The zero-order valence-corrected chi connectivity index (χ0v) is 10.3. The van der Waals surface area contributed by atoms with Crippen LogP contribution in [0.15, 0.2) is 17.5 Å².